The molecule has 29 heavy (non-hydrogen) atoms. The Hall–Kier alpha value is -2.54. The van der Waals surface area contributed by atoms with Gasteiger partial charge in [-0.3, -0.25) is 4.79 Å². The smallest absolute Gasteiger partial charge is 0.263 e. The zero-order valence-electron chi connectivity index (χ0n) is 16.1. The fourth-order valence-corrected chi connectivity index (χ4v) is 5.48. The van der Waals surface area contributed by atoms with Gasteiger partial charge in [0, 0.05) is 23.5 Å². The second-order valence-electron chi connectivity index (χ2n) is 7.82. The van der Waals surface area contributed by atoms with Gasteiger partial charge in [0.1, 0.15) is 5.82 Å². The third kappa shape index (κ3) is 3.71. The molecule has 0 bridgehead atoms. The number of hydrogen-bond donors (Lipinski definition) is 0. The van der Waals surface area contributed by atoms with Gasteiger partial charge in [0.15, 0.2) is 0 Å². The third-order valence-corrected chi connectivity index (χ3v) is 7.01. The Morgan fingerprint density at radius 1 is 1.21 bits per heavy atom. The molecule has 0 saturated carbocycles. The van der Waals surface area contributed by atoms with Crippen molar-refractivity contribution in [3.8, 4) is 11.4 Å². The molecular formula is C22H22FN3O2S. The van der Waals surface area contributed by atoms with Crippen molar-refractivity contribution < 1.29 is 13.7 Å². The van der Waals surface area contributed by atoms with Crippen LogP contribution in [0.1, 0.15) is 57.6 Å². The van der Waals surface area contributed by atoms with Crippen LogP contribution in [0.2, 0.25) is 0 Å². The maximum Gasteiger partial charge on any atom is 0.263 e. The lowest BCUT2D eigenvalue weighted by Gasteiger charge is -2.30. The number of fused-ring (bicyclic) bond motifs is 1. The predicted octanol–water partition coefficient (Wildman–Crippen LogP) is 4.84. The van der Waals surface area contributed by atoms with E-state index in [9.17, 15) is 9.18 Å². The summed E-state index contributed by atoms with van der Waals surface area (Å²) in [5, 5.41) is 4.02. The first kappa shape index (κ1) is 18.5. The topological polar surface area (TPSA) is 59.2 Å². The first-order chi connectivity index (χ1) is 14.2. The molecule has 1 aliphatic heterocycles. The van der Waals surface area contributed by atoms with Crippen molar-refractivity contribution in [3.63, 3.8) is 0 Å². The molecule has 0 N–H and O–H groups in total. The van der Waals surface area contributed by atoms with Crippen molar-refractivity contribution in [1.82, 2.24) is 15.0 Å². The van der Waals surface area contributed by atoms with Crippen molar-refractivity contribution in [2.75, 3.05) is 13.1 Å². The Morgan fingerprint density at radius 2 is 2.10 bits per heavy atom. The molecule has 1 atom stereocenters. The number of aromatic nitrogens is 2. The Bertz CT molecular complexity index is 1020. The number of hydrogen-bond acceptors (Lipinski definition) is 5. The van der Waals surface area contributed by atoms with E-state index in [1.807, 2.05) is 4.90 Å². The summed E-state index contributed by atoms with van der Waals surface area (Å²) in [5.74, 6) is 0.694. The molecule has 5 rings (SSSR count). The molecule has 3 aromatic rings. The van der Waals surface area contributed by atoms with Crippen LogP contribution >= 0.6 is 11.3 Å². The first-order valence-electron chi connectivity index (χ1n) is 10.2. The number of rotatable bonds is 3. The van der Waals surface area contributed by atoms with E-state index in [-0.39, 0.29) is 17.6 Å². The van der Waals surface area contributed by atoms with Crippen LogP contribution in [0, 0.1) is 5.82 Å². The van der Waals surface area contributed by atoms with Crippen LogP contribution in [0.3, 0.4) is 0 Å². The Balaban J connectivity index is 1.32. The molecule has 1 saturated heterocycles. The molecule has 1 unspecified atom stereocenters. The Kier molecular flexibility index (Phi) is 4.91. The molecule has 1 amide bonds. The van der Waals surface area contributed by atoms with E-state index < -0.39 is 0 Å². The fourth-order valence-electron chi connectivity index (χ4n) is 4.26. The van der Waals surface area contributed by atoms with Gasteiger partial charge < -0.3 is 9.42 Å². The SMILES string of the molecule is O=C(c1cc2c(s1)CCCC2)N1CCCC(c2nc(-c3cccc(F)c3)no2)C1. The van der Waals surface area contributed by atoms with Gasteiger partial charge in [-0.15, -0.1) is 11.3 Å². The van der Waals surface area contributed by atoms with Crippen molar-refractivity contribution in [1.29, 1.82) is 0 Å². The van der Waals surface area contributed by atoms with Gasteiger partial charge >= 0.3 is 0 Å². The van der Waals surface area contributed by atoms with Gasteiger partial charge in [-0.05, 0) is 62.3 Å². The quantitative estimate of drug-likeness (QED) is 0.619. The van der Waals surface area contributed by atoms with Crippen LogP contribution in [-0.4, -0.2) is 34.0 Å². The van der Waals surface area contributed by atoms with Crippen LogP contribution in [0.15, 0.2) is 34.9 Å². The van der Waals surface area contributed by atoms with Gasteiger partial charge in [-0.1, -0.05) is 17.3 Å². The summed E-state index contributed by atoms with van der Waals surface area (Å²) in [4.78, 5) is 21.7. The molecule has 150 valence electrons. The first-order valence-corrected chi connectivity index (χ1v) is 11.0. The summed E-state index contributed by atoms with van der Waals surface area (Å²) in [6.45, 7) is 1.33. The summed E-state index contributed by atoms with van der Waals surface area (Å²) in [6, 6.07) is 8.26. The Morgan fingerprint density at radius 3 is 2.97 bits per heavy atom. The molecule has 5 nitrogen and oxygen atoms in total. The highest BCUT2D eigenvalue weighted by Crippen LogP contribution is 2.33. The van der Waals surface area contributed by atoms with E-state index in [0.717, 1.165) is 37.1 Å². The molecule has 1 aromatic carbocycles. The molecule has 7 heteroatoms. The second-order valence-corrected chi connectivity index (χ2v) is 8.96. The van der Waals surface area contributed by atoms with Gasteiger partial charge in [-0.2, -0.15) is 4.98 Å². The zero-order valence-corrected chi connectivity index (χ0v) is 16.9. The van der Waals surface area contributed by atoms with E-state index >= 15 is 0 Å². The largest absolute Gasteiger partial charge is 0.339 e. The number of likely N-dealkylation sites (tertiary alicyclic amines) is 1. The van der Waals surface area contributed by atoms with Crippen molar-refractivity contribution >= 4 is 17.2 Å². The number of carbonyl (C=O) groups excluding carboxylic acids is 1. The van der Waals surface area contributed by atoms with Gasteiger partial charge in [0.2, 0.25) is 11.7 Å². The monoisotopic (exact) mass is 411 g/mol. The van der Waals surface area contributed by atoms with Crippen LogP contribution in [0.4, 0.5) is 4.39 Å². The molecule has 0 radical (unpaired) electrons. The summed E-state index contributed by atoms with van der Waals surface area (Å²) in [7, 11) is 0. The molecular weight excluding hydrogens is 389 g/mol. The van der Waals surface area contributed by atoms with Crippen molar-refractivity contribution in [3.05, 3.63) is 57.4 Å². The minimum atomic E-state index is -0.332. The summed E-state index contributed by atoms with van der Waals surface area (Å²) >= 11 is 1.66. The maximum absolute atomic E-state index is 13.5. The highest BCUT2D eigenvalue weighted by Gasteiger charge is 2.30. The minimum Gasteiger partial charge on any atom is -0.339 e. The minimum absolute atomic E-state index is 0.0112. The number of aryl methyl sites for hydroxylation is 2. The summed E-state index contributed by atoms with van der Waals surface area (Å²) in [5.41, 5.74) is 1.95. The highest BCUT2D eigenvalue weighted by atomic mass is 32.1. The molecule has 2 aliphatic rings. The number of carbonyl (C=O) groups is 1. The number of piperidine rings is 1. The van der Waals surface area contributed by atoms with E-state index in [0.29, 0.717) is 23.8 Å². The fraction of sp³-hybridized carbons (Fsp3) is 0.409. The van der Waals surface area contributed by atoms with E-state index in [2.05, 4.69) is 16.2 Å². The average Bonchev–Trinajstić information content (AvgIpc) is 3.41. The van der Waals surface area contributed by atoms with E-state index in [4.69, 9.17) is 4.52 Å². The lowest BCUT2D eigenvalue weighted by Crippen LogP contribution is -2.38. The van der Waals surface area contributed by atoms with Crippen LogP contribution in [0.25, 0.3) is 11.4 Å². The third-order valence-electron chi connectivity index (χ3n) is 5.79. The highest BCUT2D eigenvalue weighted by molar-refractivity contribution is 7.14. The normalized spacial score (nSPS) is 19.2. The van der Waals surface area contributed by atoms with Crippen molar-refractivity contribution in [2.24, 2.45) is 0 Å². The van der Waals surface area contributed by atoms with E-state index in [1.165, 1.54) is 35.4 Å². The van der Waals surface area contributed by atoms with E-state index in [1.54, 1.807) is 23.5 Å². The predicted molar refractivity (Wildman–Crippen MR) is 109 cm³/mol. The number of amides is 1. The van der Waals surface area contributed by atoms with Gasteiger partial charge in [0.25, 0.3) is 5.91 Å². The van der Waals surface area contributed by atoms with Crippen LogP contribution in [-0.2, 0) is 12.8 Å². The second kappa shape index (κ2) is 7.71. The lowest BCUT2D eigenvalue weighted by atomic mass is 9.97. The standard InChI is InChI=1S/C22H22FN3O2S/c23-17-8-3-6-15(11-17)20-24-21(28-25-20)16-7-4-10-26(13-16)22(27)19-12-14-5-1-2-9-18(14)29-19/h3,6,8,11-12,16H,1-2,4-5,7,9-10,13H2. The number of nitrogens with zero attached hydrogens (tertiary/aromatic N) is 3. The molecule has 1 fully saturated rings. The average molecular weight is 412 g/mol. The summed E-state index contributed by atoms with van der Waals surface area (Å²) < 4.78 is 19.0. The van der Waals surface area contributed by atoms with Gasteiger partial charge in [0.05, 0.1) is 10.8 Å². The molecule has 1 aliphatic carbocycles. The summed E-state index contributed by atoms with van der Waals surface area (Å²) in [6.07, 6.45) is 6.42. The van der Waals surface area contributed by atoms with Gasteiger partial charge in [-0.25, -0.2) is 4.39 Å². The molecule has 2 aromatic heterocycles. The van der Waals surface area contributed by atoms with Crippen molar-refractivity contribution in [2.45, 2.75) is 44.4 Å². The Labute approximate surface area is 172 Å². The zero-order chi connectivity index (χ0) is 19.8. The lowest BCUT2D eigenvalue weighted by molar-refractivity contribution is 0.0700. The number of benzene rings is 1. The molecule has 0 spiro atoms. The van der Waals surface area contributed by atoms with Crippen LogP contribution < -0.4 is 0 Å². The number of halogens is 1. The molecule has 3 heterocycles. The van der Waals surface area contributed by atoms with Crippen LogP contribution in [0.5, 0.6) is 0 Å². The number of thiophene rings is 1. The maximum atomic E-state index is 13.5.